The summed E-state index contributed by atoms with van der Waals surface area (Å²) in [6.45, 7) is 0.449. The molecule has 0 radical (unpaired) electrons. The van der Waals surface area contributed by atoms with E-state index in [1.165, 1.54) is 6.20 Å². The Morgan fingerprint density at radius 2 is 1.85 bits per heavy atom. The van der Waals surface area contributed by atoms with Crippen LogP contribution in [0, 0.1) is 0 Å². The standard InChI is InChI=1S/C19H17ClN2O4/c1-25-13-3-5-14(6-4-13)26-9-8-21-19(24)18(23)16-11-22-17-7-2-12(20)10-15(16)17/h2-7,10-11,22H,8-9H2,1H3,(H,21,24). The van der Waals surface area contributed by atoms with Gasteiger partial charge in [0.05, 0.1) is 19.2 Å². The summed E-state index contributed by atoms with van der Waals surface area (Å²) < 4.78 is 10.6. The molecule has 0 aliphatic carbocycles. The summed E-state index contributed by atoms with van der Waals surface area (Å²) in [5.41, 5.74) is 1.03. The summed E-state index contributed by atoms with van der Waals surface area (Å²) in [7, 11) is 1.59. The van der Waals surface area contributed by atoms with Crippen LogP contribution in [0.2, 0.25) is 5.02 Å². The van der Waals surface area contributed by atoms with Crippen LogP contribution in [0.15, 0.2) is 48.7 Å². The molecule has 0 saturated heterocycles. The second kappa shape index (κ2) is 7.93. The fraction of sp³-hybridized carbons (Fsp3) is 0.158. The lowest BCUT2D eigenvalue weighted by Crippen LogP contribution is -2.34. The molecule has 0 bridgehead atoms. The minimum absolute atomic E-state index is 0.208. The van der Waals surface area contributed by atoms with Gasteiger partial charge in [-0.15, -0.1) is 0 Å². The van der Waals surface area contributed by atoms with E-state index in [1.54, 1.807) is 49.6 Å². The molecule has 134 valence electrons. The third-order valence-corrected chi connectivity index (χ3v) is 4.05. The molecule has 0 saturated carbocycles. The summed E-state index contributed by atoms with van der Waals surface area (Å²) in [6.07, 6.45) is 1.51. The fourth-order valence-corrected chi connectivity index (χ4v) is 2.66. The molecule has 0 atom stereocenters. The number of H-pyrrole nitrogens is 1. The van der Waals surface area contributed by atoms with Gasteiger partial charge in [0.2, 0.25) is 0 Å². The number of amides is 1. The zero-order valence-electron chi connectivity index (χ0n) is 14.0. The molecule has 0 aliphatic heterocycles. The first-order valence-corrected chi connectivity index (χ1v) is 8.32. The summed E-state index contributed by atoms with van der Waals surface area (Å²) in [6, 6.07) is 12.2. The Morgan fingerprint density at radius 1 is 1.12 bits per heavy atom. The largest absolute Gasteiger partial charge is 0.497 e. The van der Waals surface area contributed by atoms with Gasteiger partial charge in [-0.1, -0.05) is 11.6 Å². The lowest BCUT2D eigenvalue weighted by Gasteiger charge is -2.08. The first kappa shape index (κ1) is 17.8. The molecule has 3 aromatic rings. The van der Waals surface area contributed by atoms with Crippen LogP contribution in [-0.2, 0) is 4.79 Å². The molecule has 3 rings (SSSR count). The molecule has 1 amide bonds. The topological polar surface area (TPSA) is 80.4 Å². The van der Waals surface area contributed by atoms with E-state index in [0.717, 1.165) is 11.3 Å². The van der Waals surface area contributed by atoms with E-state index in [9.17, 15) is 9.59 Å². The Bertz CT molecular complexity index is 934. The lowest BCUT2D eigenvalue weighted by atomic mass is 10.1. The van der Waals surface area contributed by atoms with Crippen molar-refractivity contribution in [1.82, 2.24) is 10.3 Å². The number of aromatic nitrogens is 1. The molecular formula is C19H17ClN2O4. The number of Topliss-reactive ketones (excluding diaryl/α,β-unsaturated/α-hetero) is 1. The second-order valence-electron chi connectivity index (χ2n) is 5.50. The van der Waals surface area contributed by atoms with Crippen molar-refractivity contribution in [1.29, 1.82) is 0 Å². The number of hydrogen-bond acceptors (Lipinski definition) is 4. The van der Waals surface area contributed by atoms with Crippen molar-refractivity contribution in [2.45, 2.75) is 0 Å². The predicted molar refractivity (Wildman–Crippen MR) is 99.1 cm³/mol. The van der Waals surface area contributed by atoms with Gasteiger partial charge in [0, 0.05) is 22.1 Å². The first-order chi connectivity index (χ1) is 12.6. The van der Waals surface area contributed by atoms with Crippen molar-refractivity contribution in [3.05, 3.63) is 59.2 Å². The summed E-state index contributed by atoms with van der Waals surface area (Å²) in [4.78, 5) is 27.4. The number of carbonyl (C=O) groups is 2. The highest BCUT2D eigenvalue weighted by Crippen LogP contribution is 2.22. The van der Waals surface area contributed by atoms with E-state index in [-0.39, 0.29) is 18.7 Å². The van der Waals surface area contributed by atoms with Crippen LogP contribution in [0.25, 0.3) is 10.9 Å². The highest BCUT2D eigenvalue weighted by Gasteiger charge is 2.19. The number of nitrogens with one attached hydrogen (secondary N) is 2. The molecule has 2 N–H and O–H groups in total. The maximum absolute atomic E-state index is 12.3. The van der Waals surface area contributed by atoms with Crippen LogP contribution in [0.5, 0.6) is 11.5 Å². The Kier molecular flexibility index (Phi) is 5.43. The maximum Gasteiger partial charge on any atom is 0.292 e. The van der Waals surface area contributed by atoms with Gasteiger partial charge in [-0.3, -0.25) is 9.59 Å². The van der Waals surface area contributed by atoms with Gasteiger partial charge in [-0.25, -0.2) is 0 Å². The molecular weight excluding hydrogens is 356 g/mol. The lowest BCUT2D eigenvalue weighted by molar-refractivity contribution is -0.117. The fourth-order valence-electron chi connectivity index (χ4n) is 2.49. The number of benzene rings is 2. The Hall–Kier alpha value is -2.99. The average molecular weight is 373 g/mol. The third-order valence-electron chi connectivity index (χ3n) is 3.81. The van der Waals surface area contributed by atoms with Gasteiger partial charge in [0.1, 0.15) is 18.1 Å². The molecule has 6 nitrogen and oxygen atoms in total. The minimum atomic E-state index is -0.691. The molecule has 7 heteroatoms. The van der Waals surface area contributed by atoms with Gasteiger partial charge >= 0.3 is 0 Å². The van der Waals surface area contributed by atoms with Crippen molar-refractivity contribution in [3.8, 4) is 11.5 Å². The van der Waals surface area contributed by atoms with Gasteiger partial charge in [-0.2, -0.15) is 0 Å². The van der Waals surface area contributed by atoms with Gasteiger partial charge in [0.15, 0.2) is 0 Å². The number of methoxy groups -OCH3 is 1. The SMILES string of the molecule is COc1ccc(OCCNC(=O)C(=O)c2c[nH]c3ccc(Cl)cc23)cc1. The summed E-state index contributed by atoms with van der Waals surface area (Å²) in [5, 5.41) is 3.67. The number of halogens is 1. The second-order valence-corrected chi connectivity index (χ2v) is 5.94. The Labute approximate surface area is 155 Å². The van der Waals surface area contributed by atoms with Crippen LogP contribution in [0.4, 0.5) is 0 Å². The predicted octanol–water partition coefficient (Wildman–Crippen LogP) is 3.21. The average Bonchev–Trinajstić information content (AvgIpc) is 3.07. The zero-order chi connectivity index (χ0) is 18.5. The zero-order valence-corrected chi connectivity index (χ0v) is 14.8. The number of aromatic amines is 1. The van der Waals surface area contributed by atoms with Crippen molar-refractivity contribution in [3.63, 3.8) is 0 Å². The van der Waals surface area contributed by atoms with Crippen molar-refractivity contribution >= 4 is 34.2 Å². The summed E-state index contributed by atoms with van der Waals surface area (Å²) >= 11 is 5.96. The van der Waals surface area contributed by atoms with Crippen LogP contribution >= 0.6 is 11.6 Å². The first-order valence-electron chi connectivity index (χ1n) is 7.94. The van der Waals surface area contributed by atoms with E-state index < -0.39 is 11.7 Å². The third kappa shape index (κ3) is 3.97. The smallest absolute Gasteiger partial charge is 0.292 e. The van der Waals surface area contributed by atoms with E-state index in [1.807, 2.05) is 0 Å². The highest BCUT2D eigenvalue weighted by atomic mass is 35.5. The molecule has 26 heavy (non-hydrogen) atoms. The van der Waals surface area contributed by atoms with E-state index in [2.05, 4.69) is 10.3 Å². The number of ether oxygens (including phenoxy) is 2. The van der Waals surface area contributed by atoms with Crippen LogP contribution in [0.3, 0.4) is 0 Å². The monoisotopic (exact) mass is 372 g/mol. The van der Waals surface area contributed by atoms with Crippen LogP contribution < -0.4 is 14.8 Å². The molecule has 0 fully saturated rings. The van der Waals surface area contributed by atoms with Gasteiger partial charge in [-0.05, 0) is 42.5 Å². The normalized spacial score (nSPS) is 10.5. The highest BCUT2D eigenvalue weighted by molar-refractivity contribution is 6.45. The van der Waals surface area contributed by atoms with Crippen molar-refractivity contribution < 1.29 is 19.1 Å². The molecule has 0 unspecified atom stereocenters. The molecule has 0 aliphatic rings. The van der Waals surface area contributed by atoms with Crippen molar-refractivity contribution in [2.24, 2.45) is 0 Å². The number of fused-ring (bicyclic) bond motifs is 1. The Morgan fingerprint density at radius 3 is 2.58 bits per heavy atom. The van der Waals surface area contributed by atoms with E-state index >= 15 is 0 Å². The number of hydrogen-bond donors (Lipinski definition) is 2. The van der Waals surface area contributed by atoms with Crippen LogP contribution in [0.1, 0.15) is 10.4 Å². The number of ketones is 1. The number of carbonyl (C=O) groups excluding carboxylic acids is 2. The van der Waals surface area contributed by atoms with Gasteiger partial charge < -0.3 is 19.8 Å². The molecule has 1 heterocycles. The number of rotatable bonds is 7. The van der Waals surface area contributed by atoms with E-state index in [4.69, 9.17) is 21.1 Å². The minimum Gasteiger partial charge on any atom is -0.497 e. The quantitative estimate of drug-likeness (QED) is 0.379. The van der Waals surface area contributed by atoms with Gasteiger partial charge in [0.25, 0.3) is 11.7 Å². The van der Waals surface area contributed by atoms with Crippen molar-refractivity contribution in [2.75, 3.05) is 20.3 Å². The maximum atomic E-state index is 12.3. The summed E-state index contributed by atoms with van der Waals surface area (Å²) in [5.74, 6) is 0.0694. The molecule has 2 aromatic carbocycles. The molecule has 1 aromatic heterocycles. The molecule has 0 spiro atoms. The van der Waals surface area contributed by atoms with Crippen LogP contribution in [-0.4, -0.2) is 36.9 Å². The Balaban J connectivity index is 1.54. The van der Waals surface area contributed by atoms with E-state index in [0.29, 0.717) is 16.2 Å².